The van der Waals surface area contributed by atoms with Crippen LogP contribution in [0.25, 0.3) is 0 Å². The first-order chi connectivity index (χ1) is 5.68. The predicted molar refractivity (Wildman–Crippen MR) is 42.2 cm³/mol. The second kappa shape index (κ2) is 4.39. The van der Waals surface area contributed by atoms with Gasteiger partial charge in [-0.3, -0.25) is 9.63 Å². The second-order valence-corrected chi connectivity index (χ2v) is 2.82. The summed E-state index contributed by atoms with van der Waals surface area (Å²) in [5.41, 5.74) is 0. The first-order valence-electron chi connectivity index (χ1n) is 3.99. The minimum Gasteiger partial charge on any atom is -0.389 e. The molecule has 0 aromatic carbocycles. The van der Waals surface area contributed by atoms with E-state index < -0.39 is 0 Å². The minimum atomic E-state index is -0.387. The fraction of sp³-hybridized carbons (Fsp3) is 0.857. The molecule has 5 heteroatoms. The van der Waals surface area contributed by atoms with Gasteiger partial charge in [-0.15, -0.1) is 0 Å². The van der Waals surface area contributed by atoms with E-state index in [0.29, 0.717) is 26.2 Å². The zero-order valence-corrected chi connectivity index (χ0v) is 7.12. The molecule has 5 nitrogen and oxygen atoms in total. The molecule has 0 bridgehead atoms. The van der Waals surface area contributed by atoms with Crippen molar-refractivity contribution in [2.45, 2.75) is 13.0 Å². The van der Waals surface area contributed by atoms with Crippen molar-refractivity contribution in [2.24, 2.45) is 0 Å². The molecule has 0 aliphatic carbocycles. The van der Waals surface area contributed by atoms with E-state index in [1.165, 1.54) is 6.92 Å². The number of hydrogen-bond acceptors (Lipinski definition) is 4. The molecule has 70 valence electrons. The van der Waals surface area contributed by atoms with Crippen molar-refractivity contribution < 1.29 is 14.7 Å². The predicted octanol–water partition coefficient (Wildman–Crippen LogP) is -1.27. The van der Waals surface area contributed by atoms with Crippen LogP contribution in [0.4, 0.5) is 0 Å². The fourth-order valence-corrected chi connectivity index (χ4v) is 1.04. The van der Waals surface area contributed by atoms with Gasteiger partial charge in [0, 0.05) is 20.0 Å². The van der Waals surface area contributed by atoms with E-state index in [0.717, 1.165) is 0 Å². The number of nitrogens with zero attached hydrogens (tertiary/aromatic N) is 1. The van der Waals surface area contributed by atoms with Gasteiger partial charge in [0.15, 0.2) is 0 Å². The fourth-order valence-electron chi connectivity index (χ4n) is 1.04. The van der Waals surface area contributed by atoms with Gasteiger partial charge in [0.1, 0.15) is 0 Å². The molecule has 1 saturated heterocycles. The SMILES string of the molecule is CC(=O)NCCN1C[C@H](O)CO1. The zero-order valence-electron chi connectivity index (χ0n) is 7.12. The highest BCUT2D eigenvalue weighted by Gasteiger charge is 2.20. The van der Waals surface area contributed by atoms with Gasteiger partial charge in [-0.05, 0) is 0 Å². The quantitative estimate of drug-likeness (QED) is 0.560. The summed E-state index contributed by atoms with van der Waals surface area (Å²) < 4.78 is 0. The average molecular weight is 174 g/mol. The Morgan fingerprint density at radius 3 is 3.08 bits per heavy atom. The second-order valence-electron chi connectivity index (χ2n) is 2.82. The van der Waals surface area contributed by atoms with Crippen LogP contribution in [0.3, 0.4) is 0 Å². The summed E-state index contributed by atoms with van der Waals surface area (Å²) >= 11 is 0. The van der Waals surface area contributed by atoms with Crippen molar-refractivity contribution in [1.29, 1.82) is 0 Å². The van der Waals surface area contributed by atoms with Crippen molar-refractivity contribution in [3.05, 3.63) is 0 Å². The highest BCUT2D eigenvalue weighted by atomic mass is 16.7. The minimum absolute atomic E-state index is 0.0465. The maximum atomic E-state index is 10.5. The van der Waals surface area contributed by atoms with Crippen LogP contribution < -0.4 is 5.32 Å². The Balaban J connectivity index is 2.04. The summed E-state index contributed by atoms with van der Waals surface area (Å²) in [6.07, 6.45) is -0.387. The normalized spacial score (nSPS) is 24.3. The molecular weight excluding hydrogens is 160 g/mol. The summed E-state index contributed by atoms with van der Waals surface area (Å²) in [6.45, 7) is 3.54. The van der Waals surface area contributed by atoms with E-state index in [1.54, 1.807) is 5.06 Å². The Kier molecular flexibility index (Phi) is 3.46. The molecule has 1 amide bonds. The summed E-state index contributed by atoms with van der Waals surface area (Å²) in [4.78, 5) is 15.5. The Morgan fingerprint density at radius 2 is 2.58 bits per heavy atom. The molecule has 0 aromatic heterocycles. The smallest absolute Gasteiger partial charge is 0.216 e. The van der Waals surface area contributed by atoms with Gasteiger partial charge < -0.3 is 10.4 Å². The van der Waals surface area contributed by atoms with Gasteiger partial charge in [-0.2, -0.15) is 5.06 Å². The van der Waals surface area contributed by atoms with E-state index in [2.05, 4.69) is 5.32 Å². The lowest BCUT2D eigenvalue weighted by atomic mass is 10.4. The van der Waals surface area contributed by atoms with Crippen LogP contribution in [0.15, 0.2) is 0 Å². The number of carbonyl (C=O) groups excluding carboxylic acids is 1. The van der Waals surface area contributed by atoms with Crippen LogP contribution in [0.1, 0.15) is 6.92 Å². The monoisotopic (exact) mass is 174 g/mol. The Morgan fingerprint density at radius 1 is 1.83 bits per heavy atom. The van der Waals surface area contributed by atoms with Crippen molar-refractivity contribution in [2.75, 3.05) is 26.2 Å². The maximum absolute atomic E-state index is 10.5. The molecule has 12 heavy (non-hydrogen) atoms. The number of β-amino-alcohol motifs (C(OH)–C–C–N with tert-alkyl or cyclic N) is 1. The van der Waals surface area contributed by atoms with Crippen molar-refractivity contribution in [1.82, 2.24) is 10.4 Å². The van der Waals surface area contributed by atoms with E-state index in [-0.39, 0.29) is 12.0 Å². The number of hydrogen-bond donors (Lipinski definition) is 2. The molecule has 1 heterocycles. The lowest BCUT2D eigenvalue weighted by Gasteiger charge is -2.12. The van der Waals surface area contributed by atoms with Gasteiger partial charge >= 0.3 is 0 Å². The lowest BCUT2D eigenvalue weighted by molar-refractivity contribution is -0.122. The number of aliphatic hydroxyl groups excluding tert-OH is 1. The Hall–Kier alpha value is -0.650. The van der Waals surface area contributed by atoms with Crippen molar-refractivity contribution in [3.63, 3.8) is 0 Å². The molecule has 0 saturated carbocycles. The summed E-state index contributed by atoms with van der Waals surface area (Å²) in [6, 6.07) is 0. The first-order valence-corrected chi connectivity index (χ1v) is 3.99. The average Bonchev–Trinajstić information content (AvgIpc) is 2.35. The molecule has 1 aliphatic rings. The maximum Gasteiger partial charge on any atom is 0.216 e. The number of nitrogens with one attached hydrogen (secondary N) is 1. The number of aliphatic hydroxyl groups is 1. The van der Waals surface area contributed by atoms with Crippen LogP contribution in [-0.2, 0) is 9.63 Å². The highest BCUT2D eigenvalue weighted by Crippen LogP contribution is 2.03. The van der Waals surface area contributed by atoms with Crippen LogP contribution >= 0.6 is 0 Å². The number of rotatable bonds is 3. The largest absolute Gasteiger partial charge is 0.389 e. The summed E-state index contributed by atoms with van der Waals surface area (Å²) in [5.74, 6) is -0.0465. The van der Waals surface area contributed by atoms with E-state index in [4.69, 9.17) is 9.94 Å². The third-order valence-corrected chi connectivity index (χ3v) is 1.60. The molecule has 0 unspecified atom stereocenters. The van der Waals surface area contributed by atoms with Crippen LogP contribution in [0.2, 0.25) is 0 Å². The van der Waals surface area contributed by atoms with Gasteiger partial charge in [0.2, 0.25) is 5.91 Å². The first kappa shape index (κ1) is 9.44. The van der Waals surface area contributed by atoms with Crippen molar-refractivity contribution in [3.8, 4) is 0 Å². The van der Waals surface area contributed by atoms with Crippen molar-refractivity contribution >= 4 is 5.91 Å². The molecule has 0 aromatic rings. The van der Waals surface area contributed by atoms with E-state index in [1.807, 2.05) is 0 Å². The number of carbonyl (C=O) groups is 1. The molecule has 1 fully saturated rings. The zero-order chi connectivity index (χ0) is 8.97. The molecule has 1 aliphatic heterocycles. The Bertz CT molecular complexity index is 163. The summed E-state index contributed by atoms with van der Waals surface area (Å²) in [7, 11) is 0. The number of amides is 1. The lowest BCUT2D eigenvalue weighted by Crippen LogP contribution is -2.32. The van der Waals surface area contributed by atoms with Gasteiger partial charge in [-0.1, -0.05) is 0 Å². The van der Waals surface area contributed by atoms with Crippen LogP contribution in [0, 0.1) is 0 Å². The molecular formula is C7H14N2O3. The Labute approximate surface area is 71.3 Å². The van der Waals surface area contributed by atoms with Crippen LogP contribution in [-0.4, -0.2) is 48.4 Å². The standard InChI is InChI=1S/C7H14N2O3/c1-6(10)8-2-3-9-4-7(11)5-12-9/h7,11H,2-5H2,1H3,(H,8,10)/t7-/m0/s1. The van der Waals surface area contributed by atoms with Gasteiger partial charge in [0.25, 0.3) is 0 Å². The number of hydroxylamine groups is 2. The van der Waals surface area contributed by atoms with E-state index in [9.17, 15) is 4.79 Å². The van der Waals surface area contributed by atoms with E-state index >= 15 is 0 Å². The molecule has 2 N–H and O–H groups in total. The molecule has 0 spiro atoms. The third kappa shape index (κ3) is 3.17. The van der Waals surface area contributed by atoms with Crippen LogP contribution in [0.5, 0.6) is 0 Å². The third-order valence-electron chi connectivity index (χ3n) is 1.60. The highest BCUT2D eigenvalue weighted by molar-refractivity contribution is 5.72. The van der Waals surface area contributed by atoms with Gasteiger partial charge in [-0.25, -0.2) is 0 Å². The summed E-state index contributed by atoms with van der Waals surface area (Å²) in [5, 5.41) is 13.4. The topological polar surface area (TPSA) is 61.8 Å². The molecule has 1 rings (SSSR count). The molecule has 1 atom stereocenters. The van der Waals surface area contributed by atoms with Gasteiger partial charge in [0.05, 0.1) is 19.3 Å². The molecule has 0 radical (unpaired) electrons.